The predicted molar refractivity (Wildman–Crippen MR) is 162 cm³/mol. The second-order valence-corrected chi connectivity index (χ2v) is 10.5. The third kappa shape index (κ3) is 5.21. The molecule has 3 N–H and O–H groups in total. The number of hydrogen-bond donors (Lipinski definition) is 3. The Morgan fingerprint density at radius 2 is 1.66 bits per heavy atom. The van der Waals surface area contributed by atoms with E-state index in [1.54, 1.807) is 24.3 Å². The van der Waals surface area contributed by atoms with Crippen LogP contribution in [0.25, 0.3) is 33.4 Å². The minimum atomic E-state index is -0.782. The average Bonchev–Trinajstić information content (AvgIpc) is 3.72. The molecule has 0 aliphatic heterocycles. The summed E-state index contributed by atoms with van der Waals surface area (Å²) in [6.07, 6.45) is 3.40. The molecule has 0 spiro atoms. The van der Waals surface area contributed by atoms with E-state index in [0.717, 1.165) is 23.6 Å². The van der Waals surface area contributed by atoms with Gasteiger partial charge in [-0.25, -0.2) is 18.7 Å². The van der Waals surface area contributed by atoms with Crippen LogP contribution in [0, 0.1) is 11.6 Å². The molecule has 224 valence electrons. The van der Waals surface area contributed by atoms with Crippen LogP contribution in [0.2, 0.25) is 0 Å². The number of hydrogen-bond acceptors (Lipinski definition) is 7. The number of benzene rings is 3. The van der Waals surface area contributed by atoms with E-state index in [1.807, 2.05) is 25.1 Å². The van der Waals surface area contributed by atoms with E-state index in [9.17, 15) is 18.4 Å². The highest BCUT2D eigenvalue weighted by atomic mass is 19.1. The van der Waals surface area contributed by atoms with Crippen molar-refractivity contribution in [3.63, 3.8) is 0 Å². The Morgan fingerprint density at radius 3 is 2.30 bits per heavy atom. The maximum atomic E-state index is 13.7. The van der Waals surface area contributed by atoms with E-state index in [1.165, 1.54) is 26.3 Å². The van der Waals surface area contributed by atoms with Crippen LogP contribution in [0.15, 0.2) is 71.4 Å². The number of rotatable bonds is 9. The fraction of sp³-hybridized carbons (Fsp3) is 0.212. The number of anilines is 1. The van der Waals surface area contributed by atoms with Gasteiger partial charge in [-0.05, 0) is 67.8 Å². The molecule has 5 aromatic rings. The zero-order chi connectivity index (χ0) is 31.0. The SMILES string of the molecule is CCNc1cc2oc(-c3ccc(F)cc3)c(C(=O)NC)c2cc1-c1ccc(OC)c(C(=O)NC2(c3ncc(F)cn3)CC2)c1. The van der Waals surface area contributed by atoms with Gasteiger partial charge in [0.25, 0.3) is 11.8 Å². The summed E-state index contributed by atoms with van der Waals surface area (Å²) in [7, 11) is 3.01. The van der Waals surface area contributed by atoms with Crippen molar-refractivity contribution in [1.82, 2.24) is 20.6 Å². The van der Waals surface area contributed by atoms with Crippen LogP contribution in [0.1, 0.15) is 46.3 Å². The van der Waals surface area contributed by atoms with Gasteiger partial charge in [0.05, 0.1) is 30.6 Å². The molecule has 2 aromatic heterocycles. The molecule has 1 aliphatic rings. The molecule has 9 nitrogen and oxygen atoms in total. The van der Waals surface area contributed by atoms with Crippen molar-refractivity contribution in [2.45, 2.75) is 25.3 Å². The number of ether oxygens (including phenoxy) is 1. The summed E-state index contributed by atoms with van der Waals surface area (Å²) in [4.78, 5) is 35.0. The van der Waals surface area contributed by atoms with Crippen LogP contribution >= 0.6 is 0 Å². The Hall–Kier alpha value is -5.32. The lowest BCUT2D eigenvalue weighted by molar-refractivity contribution is 0.0923. The molecule has 0 bridgehead atoms. The van der Waals surface area contributed by atoms with Gasteiger partial charge in [-0.15, -0.1) is 0 Å². The number of methoxy groups -OCH3 is 1. The molecule has 3 aromatic carbocycles. The van der Waals surface area contributed by atoms with E-state index in [2.05, 4.69) is 25.9 Å². The van der Waals surface area contributed by atoms with Crippen molar-refractivity contribution < 1.29 is 27.5 Å². The summed E-state index contributed by atoms with van der Waals surface area (Å²) in [6.45, 7) is 2.55. The van der Waals surface area contributed by atoms with Gasteiger partial charge in [0, 0.05) is 41.9 Å². The topological polar surface area (TPSA) is 118 Å². The molecular formula is C33H29F2N5O4. The van der Waals surface area contributed by atoms with E-state index in [0.29, 0.717) is 64.4 Å². The molecule has 1 aliphatic carbocycles. The summed E-state index contributed by atoms with van der Waals surface area (Å²) in [5, 5.41) is 9.59. The van der Waals surface area contributed by atoms with Crippen molar-refractivity contribution in [2.24, 2.45) is 0 Å². The minimum absolute atomic E-state index is 0.284. The van der Waals surface area contributed by atoms with Gasteiger partial charge in [-0.2, -0.15) is 0 Å². The Kier molecular flexibility index (Phi) is 7.46. The van der Waals surface area contributed by atoms with Crippen molar-refractivity contribution in [1.29, 1.82) is 0 Å². The average molecular weight is 598 g/mol. The lowest BCUT2D eigenvalue weighted by Gasteiger charge is -2.18. The molecule has 0 atom stereocenters. The third-order valence-electron chi connectivity index (χ3n) is 7.66. The molecule has 0 unspecified atom stereocenters. The van der Waals surface area contributed by atoms with E-state index in [-0.39, 0.29) is 11.5 Å². The molecule has 2 amide bonds. The van der Waals surface area contributed by atoms with Crippen LogP contribution in [0.5, 0.6) is 5.75 Å². The molecule has 1 saturated carbocycles. The minimum Gasteiger partial charge on any atom is -0.496 e. The van der Waals surface area contributed by atoms with Crippen LogP contribution in [-0.2, 0) is 5.54 Å². The van der Waals surface area contributed by atoms with Crippen molar-refractivity contribution >= 4 is 28.5 Å². The standard InChI is InChI=1S/C33H29F2N5O4/c1-4-37-25-15-27-23(28(31(42)36-2)29(44-27)18-5-8-20(34)9-6-18)14-22(25)19-7-10-26(43-3)24(13-19)30(41)40-33(11-12-33)32-38-16-21(35)17-39-32/h5-10,13-17,37H,4,11-12H2,1-3H3,(H,36,42)(H,40,41). The molecular weight excluding hydrogens is 568 g/mol. The fourth-order valence-corrected chi connectivity index (χ4v) is 5.30. The number of halogens is 2. The van der Waals surface area contributed by atoms with Crippen LogP contribution in [0.4, 0.5) is 14.5 Å². The zero-order valence-corrected chi connectivity index (χ0v) is 24.3. The summed E-state index contributed by atoms with van der Waals surface area (Å²) in [5.41, 5.74) is 2.94. The number of nitrogens with one attached hydrogen (secondary N) is 3. The van der Waals surface area contributed by atoms with Gasteiger partial charge in [-0.1, -0.05) is 6.07 Å². The Labute approximate surface area is 251 Å². The maximum Gasteiger partial charge on any atom is 0.255 e. The number of fused-ring (bicyclic) bond motifs is 1. The first kappa shape index (κ1) is 28.8. The van der Waals surface area contributed by atoms with Crippen LogP contribution < -0.4 is 20.7 Å². The number of amides is 2. The van der Waals surface area contributed by atoms with Gasteiger partial charge in [0.15, 0.2) is 11.6 Å². The maximum absolute atomic E-state index is 13.7. The Morgan fingerprint density at radius 1 is 0.955 bits per heavy atom. The predicted octanol–water partition coefficient (Wildman–Crippen LogP) is 6.05. The number of carbonyl (C=O) groups is 2. The highest BCUT2D eigenvalue weighted by Crippen LogP contribution is 2.45. The molecule has 2 heterocycles. The third-order valence-corrected chi connectivity index (χ3v) is 7.66. The van der Waals surface area contributed by atoms with Crippen molar-refractivity contribution in [2.75, 3.05) is 26.0 Å². The molecule has 44 heavy (non-hydrogen) atoms. The van der Waals surface area contributed by atoms with Gasteiger partial charge in [0.2, 0.25) is 0 Å². The molecule has 0 radical (unpaired) electrons. The summed E-state index contributed by atoms with van der Waals surface area (Å²) in [5.74, 6) is -0.694. The van der Waals surface area contributed by atoms with E-state index >= 15 is 0 Å². The first-order valence-electron chi connectivity index (χ1n) is 14.1. The van der Waals surface area contributed by atoms with Crippen LogP contribution in [-0.4, -0.2) is 42.5 Å². The summed E-state index contributed by atoms with van der Waals surface area (Å²) < 4.78 is 38.8. The zero-order valence-electron chi connectivity index (χ0n) is 24.3. The highest BCUT2D eigenvalue weighted by Gasteiger charge is 2.49. The molecule has 0 saturated heterocycles. The van der Waals surface area contributed by atoms with Gasteiger partial charge < -0.3 is 25.1 Å². The first-order chi connectivity index (χ1) is 21.3. The van der Waals surface area contributed by atoms with Crippen molar-refractivity contribution in [3.8, 4) is 28.2 Å². The van der Waals surface area contributed by atoms with Crippen LogP contribution in [0.3, 0.4) is 0 Å². The monoisotopic (exact) mass is 597 g/mol. The van der Waals surface area contributed by atoms with E-state index in [4.69, 9.17) is 9.15 Å². The second kappa shape index (κ2) is 11.4. The lowest BCUT2D eigenvalue weighted by atomic mass is 9.96. The number of nitrogens with zero attached hydrogens (tertiary/aromatic N) is 2. The normalized spacial score (nSPS) is 13.4. The summed E-state index contributed by atoms with van der Waals surface area (Å²) >= 11 is 0. The Bertz CT molecular complexity index is 1880. The molecule has 1 fully saturated rings. The first-order valence-corrected chi connectivity index (χ1v) is 14.1. The number of aromatic nitrogens is 2. The highest BCUT2D eigenvalue weighted by molar-refractivity contribution is 6.13. The second-order valence-electron chi connectivity index (χ2n) is 10.5. The fourth-order valence-electron chi connectivity index (χ4n) is 5.30. The smallest absolute Gasteiger partial charge is 0.255 e. The van der Waals surface area contributed by atoms with Gasteiger partial charge in [-0.3, -0.25) is 9.59 Å². The van der Waals surface area contributed by atoms with Gasteiger partial charge >= 0.3 is 0 Å². The van der Waals surface area contributed by atoms with Crippen molar-refractivity contribution in [3.05, 3.63) is 95.6 Å². The summed E-state index contributed by atoms with van der Waals surface area (Å²) in [6, 6.07) is 14.6. The quantitative estimate of drug-likeness (QED) is 0.189. The molecule has 11 heteroatoms. The number of furan rings is 1. The largest absolute Gasteiger partial charge is 0.496 e. The molecule has 6 rings (SSSR count). The Balaban J connectivity index is 1.45. The lowest BCUT2D eigenvalue weighted by Crippen LogP contribution is -2.36. The number of carbonyl (C=O) groups excluding carboxylic acids is 2. The van der Waals surface area contributed by atoms with E-state index < -0.39 is 23.1 Å². The van der Waals surface area contributed by atoms with Gasteiger partial charge in [0.1, 0.15) is 28.4 Å².